The van der Waals surface area contributed by atoms with Gasteiger partial charge in [-0.3, -0.25) is 4.79 Å². The van der Waals surface area contributed by atoms with Crippen molar-refractivity contribution in [3.8, 4) is 0 Å². The van der Waals surface area contributed by atoms with E-state index in [0.29, 0.717) is 16.6 Å². The van der Waals surface area contributed by atoms with Gasteiger partial charge in [-0.1, -0.05) is 29.3 Å². The summed E-state index contributed by atoms with van der Waals surface area (Å²) < 4.78 is 1.89. The molecule has 1 saturated heterocycles. The van der Waals surface area contributed by atoms with Crippen molar-refractivity contribution in [1.82, 2.24) is 14.7 Å². The van der Waals surface area contributed by atoms with Crippen LogP contribution in [0.3, 0.4) is 0 Å². The van der Waals surface area contributed by atoms with E-state index in [2.05, 4.69) is 5.10 Å². The van der Waals surface area contributed by atoms with E-state index in [9.17, 15) is 4.79 Å². The molecule has 25 heavy (non-hydrogen) atoms. The van der Waals surface area contributed by atoms with Crippen LogP contribution < -0.4 is 0 Å². The largest absolute Gasteiger partial charge is 0.338 e. The molecule has 1 aliphatic heterocycles. The Kier molecular flexibility index (Phi) is 4.48. The third kappa shape index (κ3) is 3.05. The lowest BCUT2D eigenvalue weighted by molar-refractivity contribution is 0.0797. The number of hydrogen-bond donors (Lipinski definition) is 0. The highest BCUT2D eigenvalue weighted by Crippen LogP contribution is 2.32. The van der Waals surface area contributed by atoms with Crippen molar-refractivity contribution in [1.29, 1.82) is 0 Å². The van der Waals surface area contributed by atoms with Crippen LogP contribution in [-0.2, 0) is 6.54 Å². The van der Waals surface area contributed by atoms with Gasteiger partial charge in [0.05, 0.1) is 17.1 Å². The molecular weight excluding hydrogens is 377 g/mol. The first-order chi connectivity index (χ1) is 12.0. The molecule has 7 heteroatoms. The van der Waals surface area contributed by atoms with Gasteiger partial charge in [-0.05, 0) is 38.0 Å². The number of nitrogens with zero attached hydrogens (tertiary/aromatic N) is 3. The Balaban J connectivity index is 1.71. The Hall–Kier alpha value is -1.56. The molecule has 130 valence electrons. The highest BCUT2D eigenvalue weighted by Gasteiger charge is 2.23. The first-order valence-electron chi connectivity index (χ1n) is 8.23. The number of hydrogen-bond acceptors (Lipinski definition) is 3. The van der Waals surface area contributed by atoms with Gasteiger partial charge in [0, 0.05) is 34.1 Å². The van der Waals surface area contributed by atoms with Gasteiger partial charge in [-0.25, -0.2) is 4.68 Å². The molecule has 0 spiro atoms. The van der Waals surface area contributed by atoms with Crippen molar-refractivity contribution in [2.24, 2.45) is 0 Å². The van der Waals surface area contributed by atoms with Crippen LogP contribution in [0.15, 0.2) is 24.3 Å². The van der Waals surface area contributed by atoms with E-state index in [0.717, 1.165) is 52.3 Å². The minimum absolute atomic E-state index is 0.125. The van der Waals surface area contributed by atoms with Crippen LogP contribution in [0.4, 0.5) is 0 Å². The van der Waals surface area contributed by atoms with Crippen LogP contribution in [0.5, 0.6) is 0 Å². The highest BCUT2D eigenvalue weighted by molar-refractivity contribution is 7.20. The second-order valence-corrected chi connectivity index (χ2v) is 8.12. The van der Waals surface area contributed by atoms with Gasteiger partial charge in [0.25, 0.3) is 5.91 Å². The molecule has 1 fully saturated rings. The molecule has 1 aromatic carbocycles. The zero-order valence-corrected chi connectivity index (χ0v) is 16.1. The number of benzene rings is 1. The van der Waals surface area contributed by atoms with Crippen molar-refractivity contribution >= 4 is 50.7 Å². The number of carbonyl (C=O) groups excluding carboxylic acids is 1. The van der Waals surface area contributed by atoms with Gasteiger partial charge in [0.15, 0.2) is 0 Å². The highest BCUT2D eigenvalue weighted by atomic mass is 35.5. The second kappa shape index (κ2) is 6.63. The summed E-state index contributed by atoms with van der Waals surface area (Å²) in [4.78, 5) is 16.4. The lowest BCUT2D eigenvalue weighted by atomic mass is 10.2. The number of carbonyl (C=O) groups is 1. The summed E-state index contributed by atoms with van der Waals surface area (Å²) in [6, 6.07) is 7.45. The van der Waals surface area contributed by atoms with Crippen molar-refractivity contribution in [2.75, 3.05) is 13.1 Å². The number of likely N-dealkylation sites (tertiary alicyclic amines) is 1. The normalized spacial score (nSPS) is 14.6. The predicted octanol–water partition coefficient (Wildman–Crippen LogP) is 5.00. The summed E-state index contributed by atoms with van der Waals surface area (Å²) in [5, 5.41) is 6.88. The summed E-state index contributed by atoms with van der Waals surface area (Å²) in [6.45, 7) is 4.16. The molecular formula is C18H17Cl2N3OS. The van der Waals surface area contributed by atoms with Crippen molar-refractivity contribution in [2.45, 2.75) is 26.3 Å². The van der Waals surface area contributed by atoms with Gasteiger partial charge in [-0.15, -0.1) is 11.3 Å². The Morgan fingerprint density at radius 1 is 1.24 bits per heavy atom. The van der Waals surface area contributed by atoms with E-state index in [1.165, 1.54) is 11.3 Å². The molecule has 3 aromatic rings. The molecule has 4 rings (SSSR count). The first kappa shape index (κ1) is 16.9. The molecule has 0 N–H and O–H groups in total. The van der Waals surface area contributed by atoms with E-state index < -0.39 is 0 Å². The molecule has 4 nitrogen and oxygen atoms in total. The van der Waals surface area contributed by atoms with E-state index in [1.807, 2.05) is 40.8 Å². The van der Waals surface area contributed by atoms with Crippen LogP contribution >= 0.6 is 34.5 Å². The fourth-order valence-electron chi connectivity index (χ4n) is 3.23. The zero-order valence-electron chi connectivity index (χ0n) is 13.8. The topological polar surface area (TPSA) is 38.1 Å². The maximum atomic E-state index is 12.7. The van der Waals surface area contributed by atoms with Crippen molar-refractivity contribution in [3.05, 3.63) is 50.4 Å². The monoisotopic (exact) mass is 393 g/mol. The van der Waals surface area contributed by atoms with Crippen LogP contribution in [-0.4, -0.2) is 33.7 Å². The predicted molar refractivity (Wildman–Crippen MR) is 103 cm³/mol. The number of halogens is 2. The number of fused-ring (bicyclic) bond motifs is 1. The fraction of sp³-hybridized carbons (Fsp3) is 0.333. The lowest BCUT2D eigenvalue weighted by Crippen LogP contribution is -2.26. The quantitative estimate of drug-likeness (QED) is 0.627. The molecule has 0 saturated carbocycles. The summed E-state index contributed by atoms with van der Waals surface area (Å²) in [6.07, 6.45) is 2.18. The molecule has 1 amide bonds. The minimum atomic E-state index is 0.125. The van der Waals surface area contributed by atoms with Crippen molar-refractivity contribution < 1.29 is 4.79 Å². The number of aromatic nitrogens is 2. The third-order valence-electron chi connectivity index (χ3n) is 4.58. The van der Waals surface area contributed by atoms with E-state index in [1.54, 1.807) is 0 Å². The molecule has 1 aliphatic rings. The fourth-order valence-corrected chi connectivity index (χ4v) is 4.88. The van der Waals surface area contributed by atoms with Crippen LogP contribution in [0.25, 0.3) is 10.2 Å². The zero-order chi connectivity index (χ0) is 17.6. The summed E-state index contributed by atoms with van der Waals surface area (Å²) in [5.74, 6) is 0.125. The van der Waals surface area contributed by atoms with Crippen molar-refractivity contribution in [3.63, 3.8) is 0 Å². The molecule has 0 bridgehead atoms. The molecule has 3 heterocycles. The van der Waals surface area contributed by atoms with Gasteiger partial charge in [0.2, 0.25) is 0 Å². The summed E-state index contributed by atoms with van der Waals surface area (Å²) in [5.41, 5.74) is 1.76. The van der Waals surface area contributed by atoms with Crippen LogP contribution in [0.1, 0.15) is 33.8 Å². The number of thiophene rings is 1. The Morgan fingerprint density at radius 3 is 2.60 bits per heavy atom. The Bertz CT molecular complexity index is 937. The molecule has 0 atom stereocenters. The maximum absolute atomic E-state index is 12.7. The first-order valence-corrected chi connectivity index (χ1v) is 9.81. The maximum Gasteiger partial charge on any atom is 0.264 e. The van der Waals surface area contributed by atoms with E-state index >= 15 is 0 Å². The smallest absolute Gasteiger partial charge is 0.264 e. The van der Waals surface area contributed by atoms with Gasteiger partial charge < -0.3 is 4.90 Å². The SMILES string of the molecule is Cc1nn(Cc2c(Cl)cccc2Cl)c2sc(C(=O)N3CCCC3)cc12. The molecule has 2 aromatic heterocycles. The number of aryl methyl sites for hydroxylation is 1. The number of rotatable bonds is 3. The minimum Gasteiger partial charge on any atom is -0.338 e. The molecule has 0 unspecified atom stereocenters. The van der Waals surface area contributed by atoms with E-state index in [4.69, 9.17) is 23.2 Å². The third-order valence-corrected chi connectivity index (χ3v) is 6.43. The summed E-state index contributed by atoms with van der Waals surface area (Å²) in [7, 11) is 0. The average Bonchev–Trinajstić information content (AvgIpc) is 3.30. The van der Waals surface area contributed by atoms with Gasteiger partial charge >= 0.3 is 0 Å². The van der Waals surface area contributed by atoms with Crippen LogP contribution in [0.2, 0.25) is 10.0 Å². The van der Waals surface area contributed by atoms with Gasteiger partial charge in [-0.2, -0.15) is 5.10 Å². The van der Waals surface area contributed by atoms with E-state index in [-0.39, 0.29) is 5.91 Å². The van der Waals surface area contributed by atoms with Gasteiger partial charge in [0.1, 0.15) is 4.83 Å². The van der Waals surface area contributed by atoms with Crippen LogP contribution in [0, 0.1) is 6.92 Å². The summed E-state index contributed by atoms with van der Waals surface area (Å²) >= 11 is 14.1. The standard InChI is InChI=1S/C18H17Cl2N3OS/c1-11-12-9-16(17(24)22-7-2-3-8-22)25-18(12)23(21-11)10-13-14(19)5-4-6-15(13)20/h4-6,9H,2-3,7-8,10H2,1H3. The average molecular weight is 394 g/mol. The Morgan fingerprint density at radius 2 is 1.92 bits per heavy atom. The second-order valence-electron chi connectivity index (χ2n) is 6.27. The lowest BCUT2D eigenvalue weighted by Gasteiger charge is -2.13. The number of amides is 1. The Labute approximate surface area is 159 Å². The molecule has 0 radical (unpaired) electrons. The molecule has 0 aliphatic carbocycles.